The molecule has 0 saturated carbocycles. The third kappa shape index (κ3) is 2.58. The Morgan fingerprint density at radius 2 is 1.48 bits per heavy atom. The van der Waals surface area contributed by atoms with Crippen molar-refractivity contribution in [3.05, 3.63) is 66.4 Å². The van der Waals surface area contributed by atoms with Gasteiger partial charge in [0.05, 0.1) is 6.20 Å². The number of hydrogen-bond donors (Lipinski definition) is 0. The van der Waals surface area contributed by atoms with Crippen molar-refractivity contribution < 1.29 is 13.9 Å². The highest BCUT2D eigenvalue weighted by molar-refractivity contribution is 5.85. The first-order valence-electron chi connectivity index (χ1n) is 6.20. The van der Waals surface area contributed by atoms with Crippen LogP contribution in [0.15, 0.2) is 54.7 Å². The van der Waals surface area contributed by atoms with Gasteiger partial charge in [0.2, 0.25) is 0 Å². The van der Waals surface area contributed by atoms with Crippen molar-refractivity contribution in [2.24, 2.45) is 0 Å². The molecule has 0 N–H and O–H groups in total. The van der Waals surface area contributed by atoms with Crippen LogP contribution >= 0.6 is 0 Å². The molecule has 0 atom stereocenters. The molecule has 0 aliphatic rings. The zero-order valence-corrected chi connectivity index (χ0v) is 10.8. The van der Waals surface area contributed by atoms with Gasteiger partial charge < -0.3 is 5.11 Å². The van der Waals surface area contributed by atoms with Gasteiger partial charge in [-0.2, -0.15) is 10.2 Å². The van der Waals surface area contributed by atoms with Gasteiger partial charge >= 0.3 is 0 Å². The fourth-order valence-corrected chi connectivity index (χ4v) is 2.17. The molecule has 0 unspecified atom stereocenters. The molecule has 1 heterocycles. The molecule has 104 valence electrons. The van der Waals surface area contributed by atoms with Crippen LogP contribution in [0.25, 0.3) is 22.3 Å². The maximum Gasteiger partial charge on any atom is 0.123 e. The lowest BCUT2D eigenvalue weighted by Crippen LogP contribution is -2.01. The summed E-state index contributed by atoms with van der Waals surface area (Å²) in [4.78, 5) is 0. The van der Waals surface area contributed by atoms with Gasteiger partial charge in [0, 0.05) is 17.0 Å². The Morgan fingerprint density at radius 1 is 0.857 bits per heavy atom. The predicted octanol–water partition coefficient (Wildman–Crippen LogP) is 3.16. The number of nitrogens with zero attached hydrogens (tertiary/aromatic N) is 2. The number of benzene rings is 2. The van der Waals surface area contributed by atoms with Crippen molar-refractivity contribution in [2.75, 3.05) is 0 Å². The summed E-state index contributed by atoms with van der Waals surface area (Å²) in [6.07, 6.45) is 1.37. The Hall–Kier alpha value is -2.82. The first-order chi connectivity index (χ1) is 10.1. The molecule has 21 heavy (non-hydrogen) atoms. The fourth-order valence-electron chi connectivity index (χ4n) is 2.17. The maximum atomic E-state index is 13.4. The summed E-state index contributed by atoms with van der Waals surface area (Å²) >= 11 is 0. The largest absolute Gasteiger partial charge is 0.857 e. The molecular formula is C16H9F2N2O-. The van der Waals surface area contributed by atoms with Crippen LogP contribution in [-0.2, 0) is 0 Å². The van der Waals surface area contributed by atoms with Gasteiger partial charge in [0.15, 0.2) is 0 Å². The van der Waals surface area contributed by atoms with E-state index in [1.165, 1.54) is 42.6 Å². The zero-order valence-electron chi connectivity index (χ0n) is 10.8. The van der Waals surface area contributed by atoms with Crippen LogP contribution in [0.3, 0.4) is 0 Å². The van der Waals surface area contributed by atoms with Gasteiger partial charge in [0.25, 0.3) is 0 Å². The first-order valence-corrected chi connectivity index (χ1v) is 6.20. The normalized spacial score (nSPS) is 10.6. The molecule has 3 rings (SSSR count). The molecular weight excluding hydrogens is 274 g/mol. The summed E-state index contributed by atoms with van der Waals surface area (Å²) < 4.78 is 26.8. The van der Waals surface area contributed by atoms with E-state index in [0.717, 1.165) is 0 Å². The number of rotatable bonds is 2. The lowest BCUT2D eigenvalue weighted by Gasteiger charge is -2.16. The monoisotopic (exact) mass is 283 g/mol. The van der Waals surface area contributed by atoms with Crippen LogP contribution in [-0.4, -0.2) is 10.2 Å². The summed E-state index contributed by atoms with van der Waals surface area (Å²) in [6.45, 7) is 0. The summed E-state index contributed by atoms with van der Waals surface area (Å²) in [6, 6.07) is 11.4. The molecule has 0 saturated heterocycles. The third-order valence-corrected chi connectivity index (χ3v) is 3.07. The van der Waals surface area contributed by atoms with E-state index in [1.54, 1.807) is 12.1 Å². The molecule has 0 spiro atoms. The predicted molar refractivity (Wildman–Crippen MR) is 72.3 cm³/mol. The van der Waals surface area contributed by atoms with E-state index >= 15 is 0 Å². The van der Waals surface area contributed by atoms with Crippen LogP contribution in [0.1, 0.15) is 0 Å². The maximum absolute atomic E-state index is 13.4. The molecule has 5 heteroatoms. The van der Waals surface area contributed by atoms with Crippen LogP contribution in [0.2, 0.25) is 0 Å². The zero-order chi connectivity index (χ0) is 14.8. The first kappa shape index (κ1) is 13.2. The molecule has 0 bridgehead atoms. The molecule has 0 amide bonds. The Bertz CT molecular complexity index is 806. The van der Waals surface area contributed by atoms with Gasteiger partial charge in [-0.05, 0) is 35.4 Å². The molecule has 0 aliphatic heterocycles. The Kier molecular flexibility index (Phi) is 3.31. The van der Waals surface area contributed by atoms with Crippen LogP contribution in [0, 0.1) is 11.6 Å². The highest BCUT2D eigenvalue weighted by atomic mass is 19.1. The van der Waals surface area contributed by atoms with Crippen molar-refractivity contribution >= 4 is 0 Å². The smallest absolute Gasteiger partial charge is 0.123 e. The van der Waals surface area contributed by atoms with Crippen molar-refractivity contribution in [3.63, 3.8) is 0 Å². The number of aromatic nitrogens is 2. The highest BCUT2D eigenvalue weighted by Gasteiger charge is 2.11. The molecule has 2 aromatic carbocycles. The summed E-state index contributed by atoms with van der Waals surface area (Å²) in [7, 11) is 0. The second-order valence-corrected chi connectivity index (χ2v) is 4.46. The number of halogens is 2. The average Bonchev–Trinajstić information content (AvgIpc) is 2.47. The Morgan fingerprint density at radius 3 is 2.14 bits per heavy atom. The topological polar surface area (TPSA) is 48.8 Å². The second kappa shape index (κ2) is 5.28. The van der Waals surface area contributed by atoms with E-state index in [9.17, 15) is 13.9 Å². The minimum Gasteiger partial charge on any atom is -0.857 e. The molecule has 0 radical (unpaired) electrons. The molecule has 0 fully saturated rings. The quantitative estimate of drug-likeness (QED) is 0.726. The second-order valence-electron chi connectivity index (χ2n) is 4.46. The summed E-state index contributed by atoms with van der Waals surface area (Å²) in [5.41, 5.74) is 1.49. The lowest BCUT2D eigenvalue weighted by molar-refractivity contribution is -0.274. The van der Waals surface area contributed by atoms with Crippen molar-refractivity contribution in [1.29, 1.82) is 0 Å². The highest BCUT2D eigenvalue weighted by Crippen LogP contribution is 2.35. The van der Waals surface area contributed by atoms with Gasteiger partial charge in [-0.3, -0.25) is 0 Å². The van der Waals surface area contributed by atoms with Gasteiger partial charge in [-0.1, -0.05) is 24.3 Å². The van der Waals surface area contributed by atoms with Crippen molar-refractivity contribution in [2.45, 2.75) is 0 Å². The summed E-state index contributed by atoms with van der Waals surface area (Å²) in [5.74, 6) is -1.47. The van der Waals surface area contributed by atoms with Gasteiger partial charge in [-0.25, -0.2) is 8.78 Å². The molecule has 3 aromatic rings. The van der Waals surface area contributed by atoms with E-state index in [2.05, 4.69) is 10.2 Å². The van der Waals surface area contributed by atoms with Crippen molar-refractivity contribution in [3.8, 4) is 28.1 Å². The minimum absolute atomic E-state index is 0.204. The van der Waals surface area contributed by atoms with Crippen molar-refractivity contribution in [1.82, 2.24) is 10.2 Å². The standard InChI is InChI=1S/C16H10F2N2O/c17-12-5-1-3-10(7-12)14-9-19-20-16(21)15(14)11-4-2-6-13(18)8-11/h1-9H,(H,20,21)/p-1. The van der Waals surface area contributed by atoms with Gasteiger partial charge in [0.1, 0.15) is 11.6 Å². The fraction of sp³-hybridized carbons (Fsp3) is 0. The molecule has 3 nitrogen and oxygen atoms in total. The summed E-state index contributed by atoms with van der Waals surface area (Å²) in [5, 5.41) is 19.1. The van der Waals surface area contributed by atoms with Crippen LogP contribution in [0.5, 0.6) is 5.88 Å². The van der Waals surface area contributed by atoms with Crippen LogP contribution in [0.4, 0.5) is 8.78 Å². The van der Waals surface area contributed by atoms with Gasteiger partial charge in [-0.15, -0.1) is 0 Å². The average molecular weight is 283 g/mol. The third-order valence-electron chi connectivity index (χ3n) is 3.07. The van der Waals surface area contributed by atoms with E-state index in [1.807, 2.05) is 0 Å². The van der Waals surface area contributed by atoms with E-state index in [4.69, 9.17) is 0 Å². The Labute approximate surface area is 119 Å². The van der Waals surface area contributed by atoms with E-state index in [0.29, 0.717) is 16.7 Å². The molecule has 1 aromatic heterocycles. The minimum atomic E-state index is -0.581. The molecule has 0 aliphatic carbocycles. The van der Waals surface area contributed by atoms with Crippen LogP contribution < -0.4 is 5.11 Å². The van der Waals surface area contributed by atoms with E-state index < -0.39 is 17.5 Å². The lowest BCUT2D eigenvalue weighted by atomic mass is 9.97. The Balaban J connectivity index is 2.25. The van der Waals surface area contributed by atoms with E-state index in [-0.39, 0.29) is 5.56 Å². The SMILES string of the molecule is [O-]c1nncc(-c2cccc(F)c2)c1-c1cccc(F)c1. The number of hydrogen-bond acceptors (Lipinski definition) is 3.